The lowest BCUT2D eigenvalue weighted by molar-refractivity contribution is 0.0949. The highest BCUT2D eigenvalue weighted by atomic mass is 19.1. The number of nitrogens with zero attached hydrogens (tertiary/aromatic N) is 1. The fourth-order valence-corrected chi connectivity index (χ4v) is 3.71. The van der Waals surface area contributed by atoms with Gasteiger partial charge in [0.15, 0.2) is 0 Å². The van der Waals surface area contributed by atoms with E-state index in [1.165, 1.54) is 0 Å². The van der Waals surface area contributed by atoms with E-state index >= 15 is 0 Å². The van der Waals surface area contributed by atoms with Gasteiger partial charge in [0.2, 0.25) is 0 Å². The van der Waals surface area contributed by atoms with Crippen molar-refractivity contribution in [2.45, 2.75) is 26.2 Å². The highest BCUT2D eigenvalue weighted by Crippen LogP contribution is 2.29. The van der Waals surface area contributed by atoms with Crippen LogP contribution in [-0.4, -0.2) is 45.3 Å². The summed E-state index contributed by atoms with van der Waals surface area (Å²) in [6.07, 6.45) is 2.77. The van der Waals surface area contributed by atoms with E-state index in [2.05, 4.69) is 27.8 Å². The van der Waals surface area contributed by atoms with Crippen LogP contribution < -0.4 is 20.9 Å². The number of carbonyl (C=O) groups excluding carboxylic acids is 2. The van der Waals surface area contributed by atoms with Crippen molar-refractivity contribution in [1.29, 1.82) is 0 Å². The molecule has 0 unspecified atom stereocenters. The summed E-state index contributed by atoms with van der Waals surface area (Å²) in [6, 6.07) is 7.31. The Labute approximate surface area is 192 Å². The lowest BCUT2D eigenvalue weighted by Gasteiger charge is -2.33. The van der Waals surface area contributed by atoms with Gasteiger partial charge < -0.3 is 25.6 Å². The number of hydrogen-bond donors (Lipinski definition) is 3. The predicted octanol–water partition coefficient (Wildman–Crippen LogP) is 4.61. The normalized spacial score (nSPS) is 14.1. The van der Waals surface area contributed by atoms with Crippen LogP contribution in [0.2, 0.25) is 0 Å². The van der Waals surface area contributed by atoms with Crippen LogP contribution in [0.3, 0.4) is 0 Å². The van der Waals surface area contributed by atoms with Gasteiger partial charge in [0.1, 0.15) is 11.6 Å². The Morgan fingerprint density at radius 3 is 2.55 bits per heavy atom. The lowest BCUT2D eigenvalue weighted by Crippen LogP contribution is -2.35. The molecule has 33 heavy (non-hydrogen) atoms. The maximum Gasteiger partial charge on any atom is 0.323 e. The molecule has 3 amide bonds. The molecule has 3 N–H and O–H groups in total. The van der Waals surface area contributed by atoms with Crippen molar-refractivity contribution in [3.8, 4) is 0 Å². The minimum Gasteiger partial charge on any atom is -0.385 e. The monoisotopic (exact) mass is 460 g/mol. The minimum atomic E-state index is -0.879. The highest BCUT2D eigenvalue weighted by molar-refractivity contribution is 6.04. The number of benzene rings is 2. The van der Waals surface area contributed by atoms with Crippen LogP contribution in [0.1, 0.15) is 36.5 Å². The summed E-state index contributed by atoms with van der Waals surface area (Å²) in [5, 5.41) is 7.86. The molecule has 0 atom stereocenters. The van der Waals surface area contributed by atoms with Crippen molar-refractivity contribution in [3.63, 3.8) is 0 Å². The SMILES string of the molecule is COCCCNC(=O)c1cc(NC(=O)Nc2ccc(F)cc2F)ccc1N1CCC(C)CC1. The Morgan fingerprint density at radius 2 is 1.85 bits per heavy atom. The number of anilines is 3. The van der Waals surface area contributed by atoms with Crippen LogP contribution in [-0.2, 0) is 4.74 Å². The van der Waals surface area contributed by atoms with Crippen LogP contribution in [0, 0.1) is 17.6 Å². The first-order valence-electron chi connectivity index (χ1n) is 11.1. The number of piperidine rings is 1. The Kier molecular flexibility index (Phi) is 8.59. The Balaban J connectivity index is 1.76. The Hall–Kier alpha value is -3.20. The third kappa shape index (κ3) is 6.89. The molecule has 0 aromatic heterocycles. The molecule has 1 heterocycles. The standard InChI is InChI=1S/C24H30F2N4O3/c1-16-8-11-30(12-9-16)22-7-5-18(15-19(22)23(31)27-10-3-13-33-2)28-24(32)29-21-6-4-17(25)14-20(21)26/h4-7,14-16H,3,8-13H2,1-2H3,(H,27,31)(H2,28,29,32). The number of carbonyl (C=O) groups is 2. The lowest BCUT2D eigenvalue weighted by atomic mass is 9.98. The van der Waals surface area contributed by atoms with Gasteiger partial charge in [0.25, 0.3) is 5.91 Å². The number of methoxy groups -OCH3 is 1. The van der Waals surface area contributed by atoms with Gasteiger partial charge in [0, 0.05) is 50.8 Å². The van der Waals surface area contributed by atoms with Crippen molar-refractivity contribution >= 4 is 29.0 Å². The van der Waals surface area contributed by atoms with E-state index in [1.807, 2.05) is 6.07 Å². The maximum absolute atomic E-state index is 13.8. The molecular formula is C24H30F2N4O3. The fraction of sp³-hybridized carbons (Fsp3) is 0.417. The number of rotatable bonds is 8. The predicted molar refractivity (Wildman–Crippen MR) is 125 cm³/mol. The van der Waals surface area contributed by atoms with E-state index in [-0.39, 0.29) is 11.6 Å². The maximum atomic E-state index is 13.8. The summed E-state index contributed by atoms with van der Waals surface area (Å²) >= 11 is 0. The van der Waals surface area contributed by atoms with Gasteiger partial charge in [-0.2, -0.15) is 0 Å². The van der Waals surface area contributed by atoms with E-state index in [0.717, 1.165) is 43.8 Å². The Bertz CT molecular complexity index is 978. The van der Waals surface area contributed by atoms with Crippen LogP contribution in [0.15, 0.2) is 36.4 Å². The van der Waals surface area contributed by atoms with E-state index in [1.54, 1.807) is 19.2 Å². The molecule has 0 saturated carbocycles. The molecule has 178 valence electrons. The summed E-state index contributed by atoms with van der Waals surface area (Å²) < 4.78 is 31.9. The zero-order chi connectivity index (χ0) is 23.8. The van der Waals surface area contributed by atoms with Gasteiger partial charge in [0.05, 0.1) is 11.3 Å². The summed E-state index contributed by atoms with van der Waals surface area (Å²) in [7, 11) is 1.61. The van der Waals surface area contributed by atoms with Crippen LogP contribution in [0.25, 0.3) is 0 Å². The van der Waals surface area contributed by atoms with E-state index < -0.39 is 17.7 Å². The second-order valence-electron chi connectivity index (χ2n) is 8.21. The summed E-state index contributed by atoms with van der Waals surface area (Å²) in [6.45, 7) is 4.92. The molecule has 0 aliphatic carbocycles. The third-order valence-electron chi connectivity index (χ3n) is 5.61. The zero-order valence-electron chi connectivity index (χ0n) is 18.9. The zero-order valence-corrected chi connectivity index (χ0v) is 18.9. The highest BCUT2D eigenvalue weighted by Gasteiger charge is 2.22. The molecule has 1 fully saturated rings. The minimum absolute atomic E-state index is 0.149. The molecule has 9 heteroatoms. The smallest absolute Gasteiger partial charge is 0.323 e. The molecule has 3 rings (SSSR count). The van der Waals surface area contributed by atoms with Gasteiger partial charge in [-0.05, 0) is 55.5 Å². The van der Waals surface area contributed by atoms with Crippen molar-refractivity contribution < 1.29 is 23.1 Å². The van der Waals surface area contributed by atoms with Crippen LogP contribution >= 0.6 is 0 Å². The van der Waals surface area contributed by atoms with Gasteiger partial charge in [-0.3, -0.25) is 4.79 Å². The second-order valence-corrected chi connectivity index (χ2v) is 8.21. The van der Waals surface area contributed by atoms with Gasteiger partial charge in [-0.25, -0.2) is 13.6 Å². The molecule has 2 aromatic carbocycles. The molecule has 1 aliphatic heterocycles. The molecule has 1 saturated heterocycles. The average molecular weight is 461 g/mol. The summed E-state index contributed by atoms with van der Waals surface area (Å²) in [5.74, 6) is -1.21. The van der Waals surface area contributed by atoms with E-state index in [0.29, 0.717) is 42.8 Å². The first-order chi connectivity index (χ1) is 15.9. The van der Waals surface area contributed by atoms with Crippen molar-refractivity contribution in [1.82, 2.24) is 5.32 Å². The molecule has 0 radical (unpaired) electrons. The molecule has 0 spiro atoms. The molecule has 2 aromatic rings. The number of nitrogens with one attached hydrogen (secondary N) is 3. The number of halogens is 2. The average Bonchev–Trinajstić information content (AvgIpc) is 2.79. The Morgan fingerprint density at radius 1 is 1.09 bits per heavy atom. The number of hydrogen-bond acceptors (Lipinski definition) is 4. The van der Waals surface area contributed by atoms with Gasteiger partial charge >= 0.3 is 6.03 Å². The largest absolute Gasteiger partial charge is 0.385 e. The summed E-state index contributed by atoms with van der Waals surface area (Å²) in [4.78, 5) is 27.5. The van der Waals surface area contributed by atoms with E-state index in [9.17, 15) is 18.4 Å². The topological polar surface area (TPSA) is 82.7 Å². The summed E-state index contributed by atoms with van der Waals surface area (Å²) in [5.41, 5.74) is 1.49. The number of urea groups is 1. The first kappa shape index (κ1) is 24.4. The van der Waals surface area contributed by atoms with Gasteiger partial charge in [-0.1, -0.05) is 6.92 Å². The van der Waals surface area contributed by atoms with E-state index in [4.69, 9.17) is 4.74 Å². The van der Waals surface area contributed by atoms with Crippen LogP contribution in [0.4, 0.5) is 30.6 Å². The molecule has 7 nitrogen and oxygen atoms in total. The fourth-order valence-electron chi connectivity index (χ4n) is 3.71. The quantitative estimate of drug-likeness (QED) is 0.503. The molecule has 1 aliphatic rings. The third-order valence-corrected chi connectivity index (χ3v) is 5.61. The number of amides is 3. The van der Waals surface area contributed by atoms with Crippen LogP contribution in [0.5, 0.6) is 0 Å². The van der Waals surface area contributed by atoms with Crippen molar-refractivity contribution in [2.24, 2.45) is 5.92 Å². The number of ether oxygens (including phenoxy) is 1. The second kappa shape index (κ2) is 11.6. The first-order valence-corrected chi connectivity index (χ1v) is 11.1. The van der Waals surface area contributed by atoms with Crippen molar-refractivity contribution in [3.05, 3.63) is 53.6 Å². The molecule has 0 bridgehead atoms. The van der Waals surface area contributed by atoms with Crippen molar-refractivity contribution in [2.75, 3.05) is 48.9 Å². The molecular weight excluding hydrogens is 430 g/mol. The van der Waals surface area contributed by atoms with Gasteiger partial charge in [-0.15, -0.1) is 0 Å².